The Morgan fingerprint density at radius 3 is 2.75 bits per heavy atom. The number of hydrogen-bond acceptors (Lipinski definition) is 3. The first-order valence-electron chi connectivity index (χ1n) is 7.49. The van der Waals surface area contributed by atoms with E-state index in [1.54, 1.807) is 6.07 Å². The van der Waals surface area contributed by atoms with E-state index in [1.807, 2.05) is 25.1 Å². The molecule has 0 aliphatic heterocycles. The van der Waals surface area contributed by atoms with Gasteiger partial charge in [-0.15, -0.1) is 0 Å². The Balaban J connectivity index is 2.06. The van der Waals surface area contributed by atoms with Crippen molar-refractivity contribution in [1.29, 1.82) is 0 Å². The van der Waals surface area contributed by atoms with E-state index >= 15 is 0 Å². The number of ether oxygens (including phenoxy) is 1. The quantitative estimate of drug-likeness (QED) is 0.838. The van der Waals surface area contributed by atoms with Crippen molar-refractivity contribution in [2.45, 2.75) is 38.6 Å². The molecule has 20 heavy (non-hydrogen) atoms. The summed E-state index contributed by atoms with van der Waals surface area (Å²) in [5, 5.41) is 3.08. The van der Waals surface area contributed by atoms with Crippen LogP contribution in [-0.4, -0.2) is 25.1 Å². The lowest BCUT2D eigenvalue weighted by molar-refractivity contribution is 0.0920. The van der Waals surface area contributed by atoms with Crippen LogP contribution < -0.4 is 15.8 Å². The van der Waals surface area contributed by atoms with Crippen LogP contribution in [0, 0.1) is 5.92 Å². The summed E-state index contributed by atoms with van der Waals surface area (Å²) in [6, 6.07) is 7.41. The van der Waals surface area contributed by atoms with Gasteiger partial charge in [0.05, 0.1) is 12.2 Å². The van der Waals surface area contributed by atoms with Crippen LogP contribution in [0.15, 0.2) is 24.3 Å². The predicted molar refractivity (Wildman–Crippen MR) is 79.9 cm³/mol. The minimum Gasteiger partial charge on any atom is -0.493 e. The summed E-state index contributed by atoms with van der Waals surface area (Å²) in [5.41, 5.74) is 6.42. The highest BCUT2D eigenvalue weighted by atomic mass is 16.5. The fraction of sp³-hybridized carbons (Fsp3) is 0.562. The first kappa shape index (κ1) is 14.9. The molecule has 0 aromatic heterocycles. The van der Waals surface area contributed by atoms with E-state index in [0.717, 1.165) is 12.8 Å². The molecule has 1 aromatic carbocycles. The highest BCUT2D eigenvalue weighted by Gasteiger charge is 2.26. The summed E-state index contributed by atoms with van der Waals surface area (Å²) < 4.78 is 5.51. The summed E-state index contributed by atoms with van der Waals surface area (Å²) in [6.45, 7) is 2.95. The van der Waals surface area contributed by atoms with Crippen LogP contribution in [0.4, 0.5) is 0 Å². The number of hydrogen-bond donors (Lipinski definition) is 2. The van der Waals surface area contributed by atoms with Crippen LogP contribution in [0.5, 0.6) is 5.75 Å². The van der Waals surface area contributed by atoms with E-state index < -0.39 is 0 Å². The van der Waals surface area contributed by atoms with Crippen molar-refractivity contribution in [3.63, 3.8) is 0 Å². The van der Waals surface area contributed by atoms with Crippen LogP contribution in [0.2, 0.25) is 0 Å². The molecule has 1 unspecified atom stereocenters. The van der Waals surface area contributed by atoms with E-state index in [2.05, 4.69) is 5.32 Å². The third-order valence-corrected chi connectivity index (χ3v) is 3.97. The number of carbonyl (C=O) groups is 1. The Bertz CT molecular complexity index is 442. The fourth-order valence-electron chi connectivity index (χ4n) is 2.91. The molecule has 0 saturated heterocycles. The molecule has 1 atom stereocenters. The molecule has 4 nitrogen and oxygen atoms in total. The van der Waals surface area contributed by atoms with Crippen molar-refractivity contribution < 1.29 is 9.53 Å². The zero-order valence-electron chi connectivity index (χ0n) is 12.1. The highest BCUT2D eigenvalue weighted by molar-refractivity contribution is 5.97. The fourth-order valence-corrected chi connectivity index (χ4v) is 2.91. The SMILES string of the molecule is CCOc1ccccc1C(=O)NC(CN)C1CCCC1. The van der Waals surface area contributed by atoms with Crippen LogP contribution in [0.3, 0.4) is 0 Å². The van der Waals surface area contributed by atoms with Gasteiger partial charge in [0.15, 0.2) is 0 Å². The number of nitrogens with one attached hydrogen (secondary N) is 1. The molecule has 1 amide bonds. The van der Waals surface area contributed by atoms with Gasteiger partial charge in [0, 0.05) is 12.6 Å². The van der Waals surface area contributed by atoms with E-state index in [1.165, 1.54) is 12.8 Å². The first-order valence-corrected chi connectivity index (χ1v) is 7.49. The summed E-state index contributed by atoms with van der Waals surface area (Å²) in [6.07, 6.45) is 4.81. The topological polar surface area (TPSA) is 64.3 Å². The monoisotopic (exact) mass is 276 g/mol. The van der Waals surface area contributed by atoms with Crippen molar-refractivity contribution in [3.05, 3.63) is 29.8 Å². The second kappa shape index (κ2) is 7.29. The summed E-state index contributed by atoms with van der Waals surface area (Å²) >= 11 is 0. The predicted octanol–water partition coefficient (Wildman–Crippen LogP) is 2.33. The molecule has 1 aliphatic rings. The van der Waals surface area contributed by atoms with Crippen molar-refractivity contribution in [2.75, 3.05) is 13.2 Å². The summed E-state index contributed by atoms with van der Waals surface area (Å²) in [7, 11) is 0. The molecule has 110 valence electrons. The second-order valence-electron chi connectivity index (χ2n) is 5.29. The van der Waals surface area contributed by atoms with Crippen molar-refractivity contribution in [1.82, 2.24) is 5.32 Å². The Kier molecular flexibility index (Phi) is 5.41. The maximum atomic E-state index is 12.4. The van der Waals surface area contributed by atoms with Gasteiger partial charge in [-0.25, -0.2) is 0 Å². The average Bonchev–Trinajstić information content (AvgIpc) is 2.99. The van der Waals surface area contributed by atoms with Crippen LogP contribution in [-0.2, 0) is 0 Å². The molecule has 4 heteroatoms. The molecule has 1 aliphatic carbocycles. The van der Waals surface area contributed by atoms with E-state index in [0.29, 0.717) is 30.4 Å². The molecule has 1 aromatic rings. The van der Waals surface area contributed by atoms with Crippen LogP contribution in [0.25, 0.3) is 0 Å². The smallest absolute Gasteiger partial charge is 0.255 e. The summed E-state index contributed by atoms with van der Waals surface area (Å²) in [4.78, 5) is 12.4. The van der Waals surface area contributed by atoms with Gasteiger partial charge in [0.2, 0.25) is 0 Å². The molecular weight excluding hydrogens is 252 g/mol. The number of nitrogens with two attached hydrogens (primary N) is 1. The lowest BCUT2D eigenvalue weighted by Crippen LogP contribution is -2.44. The molecule has 0 radical (unpaired) electrons. The Labute approximate surface area is 120 Å². The minimum absolute atomic E-state index is 0.0692. The Morgan fingerprint density at radius 2 is 2.10 bits per heavy atom. The maximum Gasteiger partial charge on any atom is 0.255 e. The lowest BCUT2D eigenvalue weighted by atomic mass is 9.98. The van der Waals surface area contributed by atoms with Gasteiger partial charge in [-0.05, 0) is 37.8 Å². The molecule has 3 N–H and O–H groups in total. The average molecular weight is 276 g/mol. The molecule has 0 heterocycles. The molecule has 0 spiro atoms. The number of para-hydroxylation sites is 1. The number of carbonyl (C=O) groups excluding carboxylic acids is 1. The summed E-state index contributed by atoms with van der Waals surface area (Å²) in [5.74, 6) is 1.06. The van der Waals surface area contributed by atoms with Gasteiger partial charge in [-0.3, -0.25) is 4.79 Å². The zero-order chi connectivity index (χ0) is 14.4. The first-order chi connectivity index (χ1) is 9.76. The van der Waals surface area contributed by atoms with Gasteiger partial charge in [-0.1, -0.05) is 25.0 Å². The third-order valence-electron chi connectivity index (χ3n) is 3.97. The van der Waals surface area contributed by atoms with Gasteiger partial charge in [0.25, 0.3) is 5.91 Å². The molecule has 0 bridgehead atoms. The molecule has 1 fully saturated rings. The number of benzene rings is 1. The molecule has 1 saturated carbocycles. The molecular formula is C16H24N2O2. The third kappa shape index (κ3) is 3.51. The van der Waals surface area contributed by atoms with Gasteiger partial charge in [0.1, 0.15) is 5.75 Å². The zero-order valence-corrected chi connectivity index (χ0v) is 12.1. The lowest BCUT2D eigenvalue weighted by Gasteiger charge is -2.23. The van der Waals surface area contributed by atoms with E-state index in [9.17, 15) is 4.79 Å². The number of amides is 1. The van der Waals surface area contributed by atoms with Gasteiger partial charge < -0.3 is 15.8 Å². The highest BCUT2D eigenvalue weighted by Crippen LogP contribution is 2.28. The molecule has 2 rings (SSSR count). The van der Waals surface area contributed by atoms with Gasteiger partial charge in [-0.2, -0.15) is 0 Å². The van der Waals surface area contributed by atoms with Crippen LogP contribution >= 0.6 is 0 Å². The van der Waals surface area contributed by atoms with Crippen molar-refractivity contribution >= 4 is 5.91 Å². The van der Waals surface area contributed by atoms with Crippen molar-refractivity contribution in [2.24, 2.45) is 11.7 Å². The van der Waals surface area contributed by atoms with Crippen molar-refractivity contribution in [3.8, 4) is 5.75 Å². The largest absolute Gasteiger partial charge is 0.493 e. The minimum atomic E-state index is -0.0867. The number of rotatable bonds is 6. The Hall–Kier alpha value is -1.55. The second-order valence-corrected chi connectivity index (χ2v) is 5.29. The van der Waals surface area contributed by atoms with E-state index in [4.69, 9.17) is 10.5 Å². The van der Waals surface area contributed by atoms with E-state index in [-0.39, 0.29) is 11.9 Å². The normalized spacial score (nSPS) is 16.9. The standard InChI is InChI=1S/C16H24N2O2/c1-2-20-15-10-6-5-9-13(15)16(19)18-14(11-17)12-7-3-4-8-12/h5-6,9-10,12,14H,2-4,7-8,11,17H2,1H3,(H,18,19). The van der Waals surface area contributed by atoms with Crippen LogP contribution in [0.1, 0.15) is 43.0 Å². The maximum absolute atomic E-state index is 12.4. The van der Waals surface area contributed by atoms with Gasteiger partial charge >= 0.3 is 0 Å². The Morgan fingerprint density at radius 1 is 1.40 bits per heavy atom.